The molecule has 0 amide bonds. The zero-order valence-electron chi connectivity index (χ0n) is 20.1. The lowest BCUT2D eigenvalue weighted by atomic mass is 9.91. The Morgan fingerprint density at radius 1 is 0.811 bits per heavy atom. The summed E-state index contributed by atoms with van der Waals surface area (Å²) in [5, 5.41) is 0. The highest BCUT2D eigenvalue weighted by Crippen LogP contribution is 2.39. The highest BCUT2D eigenvalue weighted by molar-refractivity contribution is 5.91. The number of carbonyl (C=O) groups is 3. The lowest BCUT2D eigenvalue weighted by Gasteiger charge is -2.34. The molecule has 1 aliphatic rings. The smallest absolute Gasteiger partial charge is 0.339 e. The van der Waals surface area contributed by atoms with E-state index >= 15 is 0 Å². The SMILES string of the molecule is C=C[C@@]1(OC(=O)c2ccccc2)[C@@H](COC(=O)c2ccccc2)OC(OC)[C@@H]1OC(=O)c1ccccc1. The second-order valence-electron chi connectivity index (χ2n) is 8.20. The van der Waals surface area contributed by atoms with Gasteiger partial charge in [0.15, 0.2) is 12.4 Å². The van der Waals surface area contributed by atoms with Crippen LogP contribution in [0, 0.1) is 0 Å². The Hall–Kier alpha value is -4.27. The van der Waals surface area contributed by atoms with Crippen molar-refractivity contribution in [3.05, 3.63) is 120 Å². The van der Waals surface area contributed by atoms with Gasteiger partial charge in [-0.2, -0.15) is 0 Å². The molecule has 0 radical (unpaired) electrons. The van der Waals surface area contributed by atoms with E-state index in [1.807, 2.05) is 0 Å². The van der Waals surface area contributed by atoms with Gasteiger partial charge in [-0.05, 0) is 42.5 Å². The van der Waals surface area contributed by atoms with Gasteiger partial charge in [-0.25, -0.2) is 14.4 Å². The fraction of sp³-hybridized carbons (Fsp3) is 0.207. The van der Waals surface area contributed by atoms with Gasteiger partial charge in [-0.15, -0.1) is 0 Å². The molecular weight excluding hydrogens is 476 g/mol. The fourth-order valence-corrected chi connectivity index (χ4v) is 4.01. The second kappa shape index (κ2) is 11.6. The van der Waals surface area contributed by atoms with Crippen LogP contribution in [0.25, 0.3) is 0 Å². The van der Waals surface area contributed by atoms with Crippen molar-refractivity contribution < 1.29 is 38.1 Å². The average molecular weight is 503 g/mol. The van der Waals surface area contributed by atoms with E-state index in [0.29, 0.717) is 5.56 Å². The summed E-state index contributed by atoms with van der Waals surface area (Å²) < 4.78 is 28.6. The number of benzene rings is 3. The minimum Gasteiger partial charge on any atom is -0.459 e. The minimum atomic E-state index is -1.74. The molecule has 0 spiro atoms. The molecule has 0 aliphatic carbocycles. The van der Waals surface area contributed by atoms with E-state index in [4.69, 9.17) is 23.7 Å². The maximum atomic E-state index is 13.2. The number of carbonyl (C=O) groups excluding carboxylic acids is 3. The molecule has 1 heterocycles. The van der Waals surface area contributed by atoms with E-state index in [0.717, 1.165) is 0 Å². The molecular formula is C29H26O8. The van der Waals surface area contributed by atoms with Crippen molar-refractivity contribution in [1.82, 2.24) is 0 Å². The number of hydrogen-bond acceptors (Lipinski definition) is 8. The Balaban J connectivity index is 1.65. The average Bonchev–Trinajstić information content (AvgIpc) is 3.24. The first kappa shape index (κ1) is 25.8. The van der Waals surface area contributed by atoms with Crippen LogP contribution in [0.2, 0.25) is 0 Å². The molecule has 1 aliphatic heterocycles. The summed E-state index contributed by atoms with van der Waals surface area (Å²) in [6.07, 6.45) is -2.18. The molecule has 1 unspecified atom stereocenters. The minimum absolute atomic E-state index is 0.262. The van der Waals surface area contributed by atoms with Crippen LogP contribution in [0.1, 0.15) is 31.1 Å². The van der Waals surface area contributed by atoms with Crippen LogP contribution in [0.5, 0.6) is 0 Å². The number of rotatable bonds is 9. The quantitative estimate of drug-likeness (QED) is 0.244. The predicted molar refractivity (Wildman–Crippen MR) is 133 cm³/mol. The number of ether oxygens (including phenoxy) is 5. The Labute approximate surface area is 214 Å². The second-order valence-corrected chi connectivity index (χ2v) is 8.20. The molecule has 1 saturated heterocycles. The van der Waals surface area contributed by atoms with Crippen molar-refractivity contribution in [3.63, 3.8) is 0 Å². The molecule has 0 saturated carbocycles. The van der Waals surface area contributed by atoms with E-state index in [-0.39, 0.29) is 17.7 Å². The van der Waals surface area contributed by atoms with Gasteiger partial charge in [0.1, 0.15) is 12.7 Å². The van der Waals surface area contributed by atoms with E-state index in [1.165, 1.54) is 13.2 Å². The first-order chi connectivity index (χ1) is 18.0. The van der Waals surface area contributed by atoms with Gasteiger partial charge in [0, 0.05) is 7.11 Å². The molecule has 3 aromatic rings. The molecule has 4 rings (SSSR count). The first-order valence-corrected chi connectivity index (χ1v) is 11.6. The molecule has 0 aromatic heterocycles. The van der Waals surface area contributed by atoms with Gasteiger partial charge in [0.25, 0.3) is 0 Å². The zero-order valence-corrected chi connectivity index (χ0v) is 20.1. The highest BCUT2D eigenvalue weighted by atomic mass is 16.7. The summed E-state index contributed by atoms with van der Waals surface area (Å²) in [4.78, 5) is 38.7. The van der Waals surface area contributed by atoms with Crippen molar-refractivity contribution >= 4 is 17.9 Å². The van der Waals surface area contributed by atoms with Crippen molar-refractivity contribution in [2.24, 2.45) is 0 Å². The van der Waals surface area contributed by atoms with Crippen molar-refractivity contribution in [2.45, 2.75) is 24.1 Å². The third-order valence-corrected chi connectivity index (χ3v) is 5.94. The maximum absolute atomic E-state index is 13.2. The van der Waals surface area contributed by atoms with Crippen LogP contribution in [0.3, 0.4) is 0 Å². The van der Waals surface area contributed by atoms with E-state index < -0.39 is 42.0 Å². The van der Waals surface area contributed by atoms with Crippen LogP contribution in [0.15, 0.2) is 104 Å². The fourth-order valence-electron chi connectivity index (χ4n) is 4.01. The Bertz CT molecular complexity index is 1230. The van der Waals surface area contributed by atoms with Crippen LogP contribution in [-0.4, -0.2) is 55.7 Å². The van der Waals surface area contributed by atoms with Crippen LogP contribution >= 0.6 is 0 Å². The molecule has 37 heavy (non-hydrogen) atoms. The molecule has 190 valence electrons. The third-order valence-electron chi connectivity index (χ3n) is 5.94. The lowest BCUT2D eigenvalue weighted by Crippen LogP contribution is -2.53. The third kappa shape index (κ3) is 5.61. The summed E-state index contributed by atoms with van der Waals surface area (Å²) in [7, 11) is 1.36. The first-order valence-electron chi connectivity index (χ1n) is 11.6. The van der Waals surface area contributed by atoms with Crippen molar-refractivity contribution in [3.8, 4) is 0 Å². The van der Waals surface area contributed by atoms with Crippen LogP contribution in [-0.2, 0) is 23.7 Å². The molecule has 0 bridgehead atoms. The zero-order chi connectivity index (χ0) is 26.3. The molecule has 0 N–H and O–H groups in total. The summed E-state index contributed by atoms with van der Waals surface area (Å²) in [5.41, 5.74) is -0.864. The van der Waals surface area contributed by atoms with E-state index in [2.05, 4.69) is 6.58 Å². The van der Waals surface area contributed by atoms with Crippen molar-refractivity contribution in [2.75, 3.05) is 13.7 Å². The Kier molecular flexibility index (Phi) is 8.12. The standard InChI is InChI=1S/C29H26O8/c1-3-29(37-27(32)22-17-11-6-12-18-22)23(19-34-25(30)20-13-7-4-8-14-20)35-28(33-2)24(29)36-26(31)21-15-9-5-10-16-21/h3-18,23-24,28H,1,19H2,2H3/t23-,24+,28?,29-/m1/s1. The van der Waals surface area contributed by atoms with E-state index in [9.17, 15) is 14.4 Å². The summed E-state index contributed by atoms with van der Waals surface area (Å²) in [6.45, 7) is 3.52. The lowest BCUT2D eigenvalue weighted by molar-refractivity contribution is -0.155. The largest absolute Gasteiger partial charge is 0.459 e. The van der Waals surface area contributed by atoms with Crippen LogP contribution < -0.4 is 0 Å². The molecule has 1 fully saturated rings. The van der Waals surface area contributed by atoms with Crippen molar-refractivity contribution in [1.29, 1.82) is 0 Å². The van der Waals surface area contributed by atoms with Gasteiger partial charge < -0.3 is 23.7 Å². The van der Waals surface area contributed by atoms with Gasteiger partial charge >= 0.3 is 17.9 Å². The van der Waals surface area contributed by atoms with Gasteiger partial charge in [-0.3, -0.25) is 0 Å². The predicted octanol–water partition coefficient (Wildman–Crippen LogP) is 4.22. The molecule has 3 aromatic carbocycles. The monoisotopic (exact) mass is 502 g/mol. The highest BCUT2D eigenvalue weighted by Gasteiger charge is 2.61. The van der Waals surface area contributed by atoms with Crippen LogP contribution in [0.4, 0.5) is 0 Å². The molecule has 8 heteroatoms. The molecule has 4 atom stereocenters. The normalized spacial score (nSPS) is 22.6. The number of esters is 3. The molecule has 8 nitrogen and oxygen atoms in total. The summed E-state index contributed by atoms with van der Waals surface area (Å²) >= 11 is 0. The summed E-state index contributed by atoms with van der Waals surface area (Å²) in [5.74, 6) is -1.99. The van der Waals surface area contributed by atoms with Gasteiger partial charge in [0.05, 0.1) is 16.7 Å². The topological polar surface area (TPSA) is 97.4 Å². The Morgan fingerprint density at radius 2 is 1.30 bits per heavy atom. The van der Waals surface area contributed by atoms with E-state index in [1.54, 1.807) is 91.0 Å². The van der Waals surface area contributed by atoms with Gasteiger partial charge in [-0.1, -0.05) is 61.2 Å². The maximum Gasteiger partial charge on any atom is 0.339 e. The Morgan fingerprint density at radius 3 is 1.78 bits per heavy atom. The number of methoxy groups -OCH3 is 1. The number of hydrogen-bond donors (Lipinski definition) is 0. The van der Waals surface area contributed by atoms with Gasteiger partial charge in [0.2, 0.25) is 5.60 Å². The summed E-state index contributed by atoms with van der Waals surface area (Å²) in [6, 6.07) is 25.0.